The molecule has 1 unspecified atom stereocenters. The first-order valence-corrected chi connectivity index (χ1v) is 10.1. The highest BCUT2D eigenvalue weighted by Crippen LogP contribution is 2.15. The minimum Gasteiger partial charge on any atom is -0.481 e. The second-order valence-electron chi connectivity index (χ2n) is 7.30. The van der Waals surface area contributed by atoms with Gasteiger partial charge in [0.2, 0.25) is 11.8 Å². The van der Waals surface area contributed by atoms with Crippen molar-refractivity contribution in [1.29, 1.82) is 0 Å². The van der Waals surface area contributed by atoms with Crippen LogP contribution in [0.3, 0.4) is 0 Å². The molecule has 1 aromatic heterocycles. The van der Waals surface area contributed by atoms with Gasteiger partial charge in [-0.1, -0.05) is 6.07 Å². The number of hydrogen-bond acceptors (Lipinski definition) is 5. The second kappa shape index (κ2) is 11.5. The Bertz CT molecular complexity index is 687. The SMILES string of the molecule is CN=C(NCc1cccnc1OC)N1CCN(C(C)C(=O)N2CCCC2)CC1.I. The molecule has 0 saturated carbocycles. The molecule has 0 spiro atoms. The van der Waals surface area contributed by atoms with E-state index in [9.17, 15) is 4.79 Å². The summed E-state index contributed by atoms with van der Waals surface area (Å²) in [5.41, 5.74) is 0.995. The molecule has 0 aromatic carbocycles. The van der Waals surface area contributed by atoms with Crippen molar-refractivity contribution in [3.8, 4) is 5.88 Å². The Hall–Kier alpha value is -1.62. The van der Waals surface area contributed by atoms with E-state index >= 15 is 0 Å². The molecule has 1 atom stereocenters. The summed E-state index contributed by atoms with van der Waals surface area (Å²) in [6.45, 7) is 7.89. The topological polar surface area (TPSA) is 73.3 Å². The van der Waals surface area contributed by atoms with E-state index in [2.05, 4.69) is 25.1 Å². The third-order valence-electron chi connectivity index (χ3n) is 5.63. The van der Waals surface area contributed by atoms with Crippen LogP contribution in [0.4, 0.5) is 0 Å². The molecule has 29 heavy (non-hydrogen) atoms. The quantitative estimate of drug-likeness (QED) is 0.363. The maximum absolute atomic E-state index is 12.7. The number of pyridine rings is 1. The fourth-order valence-corrected chi connectivity index (χ4v) is 3.93. The molecule has 2 fully saturated rings. The van der Waals surface area contributed by atoms with Crippen LogP contribution in [0.15, 0.2) is 23.3 Å². The van der Waals surface area contributed by atoms with Crippen molar-refractivity contribution in [2.24, 2.45) is 4.99 Å². The first-order chi connectivity index (χ1) is 13.6. The van der Waals surface area contributed by atoms with Crippen LogP contribution in [0.2, 0.25) is 0 Å². The van der Waals surface area contributed by atoms with Gasteiger partial charge in [-0.2, -0.15) is 0 Å². The summed E-state index contributed by atoms with van der Waals surface area (Å²) < 4.78 is 5.31. The van der Waals surface area contributed by atoms with Gasteiger partial charge in [0.05, 0.1) is 13.2 Å². The number of methoxy groups -OCH3 is 1. The normalized spacial score (nSPS) is 18.9. The molecule has 1 N–H and O–H groups in total. The number of ether oxygens (including phenoxy) is 1. The predicted octanol–water partition coefficient (Wildman–Crippen LogP) is 1.41. The molecule has 1 aromatic rings. The lowest BCUT2D eigenvalue weighted by Gasteiger charge is -2.39. The van der Waals surface area contributed by atoms with E-state index < -0.39 is 0 Å². The lowest BCUT2D eigenvalue weighted by Crippen LogP contribution is -2.57. The first kappa shape index (κ1) is 23.7. The highest BCUT2D eigenvalue weighted by molar-refractivity contribution is 14.0. The highest BCUT2D eigenvalue weighted by Gasteiger charge is 2.30. The molecule has 3 rings (SSSR count). The molecular formula is C20H33IN6O2. The zero-order chi connectivity index (χ0) is 19.9. The summed E-state index contributed by atoms with van der Waals surface area (Å²) in [6, 6.07) is 3.85. The maximum Gasteiger partial charge on any atom is 0.239 e. The number of nitrogens with one attached hydrogen (secondary N) is 1. The number of aromatic nitrogens is 1. The third kappa shape index (κ3) is 5.94. The molecule has 1 amide bonds. The van der Waals surface area contributed by atoms with Crippen molar-refractivity contribution in [2.75, 3.05) is 53.4 Å². The van der Waals surface area contributed by atoms with Crippen LogP contribution < -0.4 is 10.1 Å². The number of halogens is 1. The van der Waals surface area contributed by atoms with Crippen LogP contribution in [0.5, 0.6) is 5.88 Å². The Morgan fingerprint density at radius 3 is 2.52 bits per heavy atom. The van der Waals surface area contributed by atoms with Gasteiger partial charge in [-0.15, -0.1) is 24.0 Å². The summed E-state index contributed by atoms with van der Waals surface area (Å²) in [5.74, 6) is 1.77. The van der Waals surface area contributed by atoms with Crippen molar-refractivity contribution >= 4 is 35.8 Å². The van der Waals surface area contributed by atoms with Crippen LogP contribution in [0, 0.1) is 0 Å². The van der Waals surface area contributed by atoms with Gasteiger partial charge in [-0.25, -0.2) is 4.98 Å². The fourth-order valence-electron chi connectivity index (χ4n) is 3.93. The Morgan fingerprint density at radius 2 is 1.90 bits per heavy atom. The van der Waals surface area contributed by atoms with Crippen molar-refractivity contribution in [3.05, 3.63) is 23.9 Å². The van der Waals surface area contributed by atoms with Crippen LogP contribution in [0.25, 0.3) is 0 Å². The molecule has 9 heteroatoms. The third-order valence-corrected chi connectivity index (χ3v) is 5.63. The molecule has 2 aliphatic heterocycles. The van der Waals surface area contributed by atoms with Crippen LogP contribution in [0.1, 0.15) is 25.3 Å². The van der Waals surface area contributed by atoms with Gasteiger partial charge in [-0.05, 0) is 25.8 Å². The van der Waals surface area contributed by atoms with Gasteiger partial charge < -0.3 is 19.9 Å². The second-order valence-corrected chi connectivity index (χ2v) is 7.30. The number of rotatable bonds is 5. The predicted molar refractivity (Wildman–Crippen MR) is 125 cm³/mol. The zero-order valence-corrected chi connectivity index (χ0v) is 20.0. The van der Waals surface area contributed by atoms with Crippen molar-refractivity contribution in [1.82, 2.24) is 25.0 Å². The number of aliphatic imine (C=N–C) groups is 1. The summed E-state index contributed by atoms with van der Waals surface area (Å²) >= 11 is 0. The number of piperazine rings is 1. The average Bonchev–Trinajstić information content (AvgIpc) is 3.29. The van der Waals surface area contributed by atoms with Crippen molar-refractivity contribution in [3.63, 3.8) is 0 Å². The lowest BCUT2D eigenvalue weighted by atomic mass is 10.2. The van der Waals surface area contributed by atoms with E-state index in [1.807, 2.05) is 24.0 Å². The average molecular weight is 516 g/mol. The van der Waals surface area contributed by atoms with Crippen molar-refractivity contribution in [2.45, 2.75) is 32.4 Å². The highest BCUT2D eigenvalue weighted by atomic mass is 127. The molecule has 0 bridgehead atoms. The minimum absolute atomic E-state index is 0. The van der Waals surface area contributed by atoms with Gasteiger partial charge in [0.25, 0.3) is 0 Å². The van der Waals surface area contributed by atoms with E-state index in [1.54, 1.807) is 20.4 Å². The number of carbonyl (C=O) groups is 1. The Morgan fingerprint density at radius 1 is 1.21 bits per heavy atom. The molecule has 0 aliphatic carbocycles. The molecule has 2 aliphatic rings. The standard InChI is InChI=1S/C20H32N6O2.HI/c1-16(19(27)25-9-4-5-10-25)24-11-13-26(14-12-24)20(21-2)23-15-17-7-6-8-22-18(17)28-3;/h6-8,16H,4-5,9-15H2,1-3H3,(H,21,23);1H. The summed E-state index contributed by atoms with van der Waals surface area (Å²) in [7, 11) is 3.43. The van der Waals surface area contributed by atoms with Crippen LogP contribution in [-0.4, -0.2) is 91.0 Å². The smallest absolute Gasteiger partial charge is 0.239 e. The van der Waals surface area contributed by atoms with E-state index in [1.165, 1.54) is 0 Å². The largest absolute Gasteiger partial charge is 0.481 e. The monoisotopic (exact) mass is 516 g/mol. The fraction of sp³-hybridized carbons (Fsp3) is 0.650. The van der Waals surface area contributed by atoms with Gasteiger partial charge in [-0.3, -0.25) is 14.7 Å². The van der Waals surface area contributed by atoms with Gasteiger partial charge >= 0.3 is 0 Å². The van der Waals surface area contributed by atoms with Gasteiger partial charge in [0.15, 0.2) is 5.96 Å². The molecule has 8 nitrogen and oxygen atoms in total. The number of nitrogens with zero attached hydrogens (tertiary/aromatic N) is 5. The maximum atomic E-state index is 12.7. The summed E-state index contributed by atoms with van der Waals surface area (Å²) in [6.07, 6.45) is 3.99. The number of guanidine groups is 1. The van der Waals surface area contributed by atoms with Crippen LogP contribution in [-0.2, 0) is 11.3 Å². The minimum atomic E-state index is -0.0464. The number of amides is 1. The van der Waals surface area contributed by atoms with Crippen LogP contribution >= 0.6 is 24.0 Å². The molecular weight excluding hydrogens is 483 g/mol. The number of carbonyl (C=O) groups excluding carboxylic acids is 1. The van der Waals surface area contributed by atoms with Crippen molar-refractivity contribution < 1.29 is 9.53 Å². The Balaban J connectivity index is 0.00000300. The Labute approximate surface area is 190 Å². The molecule has 162 valence electrons. The molecule has 3 heterocycles. The molecule has 2 saturated heterocycles. The lowest BCUT2D eigenvalue weighted by molar-refractivity contribution is -0.135. The van der Waals surface area contributed by atoms with E-state index in [0.717, 1.165) is 63.6 Å². The number of likely N-dealkylation sites (tertiary alicyclic amines) is 1. The zero-order valence-electron chi connectivity index (χ0n) is 17.6. The van der Waals surface area contributed by atoms with Gasteiger partial charge in [0.1, 0.15) is 0 Å². The van der Waals surface area contributed by atoms with E-state index in [0.29, 0.717) is 12.4 Å². The first-order valence-electron chi connectivity index (χ1n) is 10.1. The van der Waals surface area contributed by atoms with E-state index in [4.69, 9.17) is 4.74 Å². The summed E-state index contributed by atoms with van der Waals surface area (Å²) in [5, 5.41) is 3.40. The van der Waals surface area contributed by atoms with Gasteiger partial charge in [0, 0.05) is 64.6 Å². The Kier molecular flexibility index (Phi) is 9.41. The van der Waals surface area contributed by atoms with E-state index in [-0.39, 0.29) is 35.9 Å². The molecule has 0 radical (unpaired) electrons. The number of hydrogen-bond donors (Lipinski definition) is 1. The summed E-state index contributed by atoms with van der Waals surface area (Å²) in [4.78, 5) is 27.9.